The standard InChI is InChI=1S/C23H26N2O7S/c1-13-6-7-14(2)19(10-13)33(28,29)12-16-20(22(26)32-5)21(25-23(27)24-16)15-8-9-17(30-3)18(11-15)31-4/h6-11,21H,12H2,1-5H3,(H2,24,25,27)/t21-/m1/s1. The number of carbonyl (C=O) groups excluding carboxylic acids is 2. The van der Waals surface area contributed by atoms with Crippen LogP contribution in [0.2, 0.25) is 0 Å². The number of ether oxygens (including phenoxy) is 3. The van der Waals surface area contributed by atoms with E-state index >= 15 is 0 Å². The van der Waals surface area contributed by atoms with Crippen LogP contribution in [0.15, 0.2) is 52.6 Å². The van der Waals surface area contributed by atoms with E-state index in [9.17, 15) is 18.0 Å². The van der Waals surface area contributed by atoms with Crippen LogP contribution in [0, 0.1) is 13.8 Å². The van der Waals surface area contributed by atoms with E-state index in [0.29, 0.717) is 22.6 Å². The van der Waals surface area contributed by atoms with Crippen LogP contribution in [0.25, 0.3) is 0 Å². The number of nitrogens with one attached hydrogen (secondary N) is 2. The lowest BCUT2D eigenvalue weighted by atomic mass is 9.95. The molecular weight excluding hydrogens is 448 g/mol. The number of amides is 2. The van der Waals surface area contributed by atoms with Crippen LogP contribution in [0.5, 0.6) is 11.5 Å². The topological polar surface area (TPSA) is 120 Å². The van der Waals surface area contributed by atoms with Crippen molar-refractivity contribution in [3.63, 3.8) is 0 Å². The summed E-state index contributed by atoms with van der Waals surface area (Å²) in [6, 6.07) is 8.37. The van der Waals surface area contributed by atoms with Gasteiger partial charge in [0.1, 0.15) is 0 Å². The Morgan fingerprint density at radius 2 is 1.70 bits per heavy atom. The maximum absolute atomic E-state index is 13.3. The van der Waals surface area contributed by atoms with Crippen molar-refractivity contribution >= 4 is 21.8 Å². The molecule has 0 aromatic heterocycles. The maximum Gasteiger partial charge on any atom is 0.338 e. The summed E-state index contributed by atoms with van der Waals surface area (Å²) in [5, 5.41) is 5.15. The molecule has 2 amide bonds. The molecule has 1 aliphatic rings. The van der Waals surface area contributed by atoms with Gasteiger partial charge in [-0.25, -0.2) is 18.0 Å². The molecule has 3 rings (SSSR count). The number of hydrogen-bond donors (Lipinski definition) is 2. The number of carbonyl (C=O) groups is 2. The third-order valence-corrected chi connectivity index (χ3v) is 7.09. The van der Waals surface area contributed by atoms with Gasteiger partial charge in [-0.15, -0.1) is 0 Å². The van der Waals surface area contributed by atoms with E-state index in [1.54, 1.807) is 44.2 Å². The lowest BCUT2D eigenvalue weighted by Crippen LogP contribution is -2.47. The second-order valence-electron chi connectivity index (χ2n) is 7.56. The van der Waals surface area contributed by atoms with Gasteiger partial charge in [0.25, 0.3) is 0 Å². The van der Waals surface area contributed by atoms with Gasteiger partial charge >= 0.3 is 12.0 Å². The zero-order valence-electron chi connectivity index (χ0n) is 19.0. The van der Waals surface area contributed by atoms with Crippen LogP contribution in [-0.4, -0.2) is 47.5 Å². The van der Waals surface area contributed by atoms with Gasteiger partial charge in [0.05, 0.1) is 43.6 Å². The molecule has 10 heteroatoms. The predicted molar refractivity (Wildman–Crippen MR) is 121 cm³/mol. The minimum absolute atomic E-state index is 0.0156. The first-order chi connectivity index (χ1) is 15.6. The Hall–Kier alpha value is -3.53. The van der Waals surface area contributed by atoms with Gasteiger partial charge in [-0.05, 0) is 48.7 Å². The second-order valence-corrected chi connectivity index (χ2v) is 9.52. The van der Waals surface area contributed by atoms with Crippen LogP contribution in [-0.2, 0) is 19.4 Å². The average molecular weight is 475 g/mol. The molecule has 2 aromatic carbocycles. The van der Waals surface area contributed by atoms with Gasteiger partial charge in [-0.3, -0.25) is 0 Å². The lowest BCUT2D eigenvalue weighted by Gasteiger charge is -2.29. The molecule has 9 nitrogen and oxygen atoms in total. The molecule has 1 atom stereocenters. The van der Waals surface area contributed by atoms with E-state index in [4.69, 9.17) is 14.2 Å². The molecular formula is C23H26N2O7S. The fraction of sp³-hybridized carbons (Fsp3) is 0.304. The number of sulfone groups is 1. The Morgan fingerprint density at radius 3 is 2.33 bits per heavy atom. The first kappa shape index (κ1) is 24.1. The quantitative estimate of drug-likeness (QED) is 0.592. The van der Waals surface area contributed by atoms with Gasteiger partial charge in [0.15, 0.2) is 21.3 Å². The molecule has 33 heavy (non-hydrogen) atoms. The van der Waals surface area contributed by atoms with Crippen molar-refractivity contribution in [2.75, 3.05) is 27.1 Å². The van der Waals surface area contributed by atoms with Gasteiger partial charge < -0.3 is 24.8 Å². The zero-order valence-corrected chi connectivity index (χ0v) is 19.8. The molecule has 0 saturated carbocycles. The van der Waals surface area contributed by atoms with Crippen molar-refractivity contribution in [1.82, 2.24) is 10.6 Å². The van der Waals surface area contributed by atoms with Crippen LogP contribution < -0.4 is 20.1 Å². The van der Waals surface area contributed by atoms with E-state index < -0.39 is 33.6 Å². The number of esters is 1. The van der Waals surface area contributed by atoms with Gasteiger partial charge in [-0.2, -0.15) is 0 Å². The number of rotatable bonds is 7. The van der Waals surface area contributed by atoms with Crippen molar-refractivity contribution in [3.8, 4) is 11.5 Å². The molecule has 2 N–H and O–H groups in total. The molecule has 0 saturated heterocycles. The van der Waals surface area contributed by atoms with Gasteiger partial charge in [0.2, 0.25) is 0 Å². The van der Waals surface area contributed by atoms with Crippen LogP contribution in [0.1, 0.15) is 22.7 Å². The summed E-state index contributed by atoms with van der Waals surface area (Å²) in [7, 11) is 0.242. The third-order valence-electron chi connectivity index (χ3n) is 5.31. The summed E-state index contributed by atoms with van der Waals surface area (Å²) in [4.78, 5) is 25.4. The summed E-state index contributed by atoms with van der Waals surface area (Å²) in [6.45, 7) is 3.48. The zero-order chi connectivity index (χ0) is 24.3. The van der Waals surface area contributed by atoms with E-state index in [-0.39, 0.29) is 16.2 Å². The minimum atomic E-state index is -3.89. The fourth-order valence-electron chi connectivity index (χ4n) is 3.68. The first-order valence-corrected chi connectivity index (χ1v) is 11.7. The van der Waals surface area contributed by atoms with E-state index in [2.05, 4.69) is 10.6 Å². The molecule has 0 aliphatic carbocycles. The van der Waals surface area contributed by atoms with Crippen molar-refractivity contribution in [1.29, 1.82) is 0 Å². The van der Waals surface area contributed by atoms with Crippen LogP contribution in [0.3, 0.4) is 0 Å². The summed E-state index contributed by atoms with van der Waals surface area (Å²) in [6.07, 6.45) is 0. The third kappa shape index (κ3) is 4.95. The first-order valence-electron chi connectivity index (χ1n) is 10.0. The smallest absolute Gasteiger partial charge is 0.338 e. The van der Waals surface area contributed by atoms with Crippen molar-refractivity contribution in [2.24, 2.45) is 0 Å². The summed E-state index contributed by atoms with van der Waals surface area (Å²) in [5.41, 5.74) is 1.77. The molecule has 0 fully saturated rings. The summed E-state index contributed by atoms with van der Waals surface area (Å²) >= 11 is 0. The molecule has 0 spiro atoms. The van der Waals surface area contributed by atoms with E-state index in [1.165, 1.54) is 21.3 Å². The monoisotopic (exact) mass is 474 g/mol. The lowest BCUT2D eigenvalue weighted by molar-refractivity contribution is -0.136. The van der Waals surface area contributed by atoms with E-state index in [0.717, 1.165) is 5.56 Å². The largest absolute Gasteiger partial charge is 0.493 e. The highest BCUT2D eigenvalue weighted by Gasteiger charge is 2.36. The molecule has 0 radical (unpaired) electrons. The molecule has 0 unspecified atom stereocenters. The molecule has 176 valence electrons. The Balaban J connectivity index is 2.14. The van der Waals surface area contributed by atoms with Crippen LogP contribution >= 0.6 is 0 Å². The SMILES string of the molecule is COC(=O)C1=C(CS(=O)(=O)c2cc(C)ccc2C)NC(=O)N[C@@H]1c1ccc(OC)c(OC)c1. The Labute approximate surface area is 192 Å². The molecule has 1 aliphatic heterocycles. The van der Waals surface area contributed by atoms with Crippen LogP contribution in [0.4, 0.5) is 4.79 Å². The minimum Gasteiger partial charge on any atom is -0.493 e. The highest BCUT2D eigenvalue weighted by atomic mass is 32.2. The van der Waals surface area contributed by atoms with Gasteiger partial charge in [-0.1, -0.05) is 18.2 Å². The molecule has 1 heterocycles. The number of aryl methyl sites for hydroxylation is 2. The number of benzene rings is 2. The summed E-state index contributed by atoms with van der Waals surface area (Å²) in [5.74, 6) is -0.508. The number of urea groups is 1. The van der Waals surface area contributed by atoms with Crippen molar-refractivity contribution < 1.29 is 32.2 Å². The fourth-order valence-corrected chi connectivity index (χ4v) is 5.36. The maximum atomic E-state index is 13.3. The second kappa shape index (κ2) is 9.53. The highest BCUT2D eigenvalue weighted by molar-refractivity contribution is 7.91. The Kier molecular flexibility index (Phi) is 6.97. The number of hydrogen-bond acceptors (Lipinski definition) is 7. The average Bonchev–Trinajstić information content (AvgIpc) is 2.78. The van der Waals surface area contributed by atoms with Crippen molar-refractivity contribution in [3.05, 3.63) is 64.4 Å². The Bertz CT molecular complexity index is 1240. The highest BCUT2D eigenvalue weighted by Crippen LogP contribution is 2.35. The van der Waals surface area contributed by atoms with E-state index in [1.807, 2.05) is 6.07 Å². The summed E-state index contributed by atoms with van der Waals surface area (Å²) < 4.78 is 42.0. The van der Waals surface area contributed by atoms with Crippen molar-refractivity contribution in [2.45, 2.75) is 24.8 Å². The molecule has 0 bridgehead atoms. The van der Waals surface area contributed by atoms with Gasteiger partial charge in [0, 0.05) is 5.70 Å². The Morgan fingerprint density at radius 1 is 1.00 bits per heavy atom. The normalized spacial score (nSPS) is 16.0. The predicted octanol–water partition coefficient (Wildman–Crippen LogP) is 2.58. The number of methoxy groups -OCH3 is 3. The molecule has 2 aromatic rings.